The van der Waals surface area contributed by atoms with E-state index in [4.69, 9.17) is 0 Å². The smallest absolute Gasteiger partial charge is 0.233 e. The summed E-state index contributed by atoms with van der Waals surface area (Å²) in [6.07, 6.45) is 7.64. The highest BCUT2D eigenvalue weighted by molar-refractivity contribution is 7.92. The van der Waals surface area contributed by atoms with Crippen LogP contribution in [0.3, 0.4) is 0 Å². The first kappa shape index (κ1) is 19.4. The summed E-state index contributed by atoms with van der Waals surface area (Å²) in [5, 5.41) is 2.79. The SMILES string of the molecule is CC(CS(=O)(=O)Nc1cccc(F)c1)C(=O)NCCC1=CCCCC1. The van der Waals surface area contributed by atoms with Crippen molar-refractivity contribution in [2.75, 3.05) is 17.0 Å². The van der Waals surface area contributed by atoms with Gasteiger partial charge in [0.15, 0.2) is 0 Å². The van der Waals surface area contributed by atoms with Gasteiger partial charge in [0.2, 0.25) is 15.9 Å². The fourth-order valence-electron chi connectivity index (χ4n) is 2.83. The van der Waals surface area contributed by atoms with Crippen molar-refractivity contribution < 1.29 is 17.6 Å². The van der Waals surface area contributed by atoms with Crippen LogP contribution in [0.15, 0.2) is 35.9 Å². The zero-order chi connectivity index (χ0) is 18.3. The van der Waals surface area contributed by atoms with E-state index < -0.39 is 21.8 Å². The number of sulfonamides is 1. The molecule has 1 atom stereocenters. The second kappa shape index (κ2) is 8.99. The van der Waals surface area contributed by atoms with Crippen molar-refractivity contribution in [2.45, 2.75) is 39.0 Å². The molecule has 0 saturated heterocycles. The van der Waals surface area contributed by atoms with Gasteiger partial charge < -0.3 is 5.32 Å². The molecule has 0 spiro atoms. The van der Waals surface area contributed by atoms with E-state index in [9.17, 15) is 17.6 Å². The third-order valence-corrected chi connectivity index (χ3v) is 5.63. The number of carbonyl (C=O) groups is 1. The third-order valence-electron chi connectivity index (χ3n) is 4.15. The Morgan fingerprint density at radius 2 is 2.12 bits per heavy atom. The summed E-state index contributed by atoms with van der Waals surface area (Å²) in [4.78, 5) is 12.1. The lowest BCUT2D eigenvalue weighted by molar-refractivity contribution is -0.123. The number of halogens is 1. The normalized spacial score (nSPS) is 16.0. The summed E-state index contributed by atoms with van der Waals surface area (Å²) in [6.45, 7) is 2.09. The molecule has 2 N–H and O–H groups in total. The summed E-state index contributed by atoms with van der Waals surface area (Å²) < 4.78 is 39.7. The summed E-state index contributed by atoms with van der Waals surface area (Å²) in [6, 6.07) is 5.21. The maximum Gasteiger partial charge on any atom is 0.233 e. The molecule has 1 aliphatic carbocycles. The van der Waals surface area contributed by atoms with Gasteiger partial charge >= 0.3 is 0 Å². The lowest BCUT2D eigenvalue weighted by atomic mass is 9.97. The van der Waals surface area contributed by atoms with Crippen LogP contribution >= 0.6 is 0 Å². The number of allylic oxidation sites excluding steroid dienone is 1. The van der Waals surface area contributed by atoms with Gasteiger partial charge in [0.25, 0.3) is 0 Å². The average molecular weight is 368 g/mol. The monoisotopic (exact) mass is 368 g/mol. The molecule has 1 amide bonds. The minimum Gasteiger partial charge on any atom is -0.356 e. The lowest BCUT2D eigenvalue weighted by Crippen LogP contribution is -2.35. The van der Waals surface area contributed by atoms with Gasteiger partial charge in [-0.25, -0.2) is 12.8 Å². The van der Waals surface area contributed by atoms with Crippen LogP contribution in [0.1, 0.15) is 39.0 Å². The number of amides is 1. The van der Waals surface area contributed by atoms with Gasteiger partial charge in [-0.3, -0.25) is 9.52 Å². The maximum atomic E-state index is 13.1. The van der Waals surface area contributed by atoms with E-state index in [1.165, 1.54) is 36.6 Å². The van der Waals surface area contributed by atoms with Crippen LogP contribution in [-0.4, -0.2) is 26.6 Å². The quantitative estimate of drug-likeness (QED) is 0.692. The molecule has 1 unspecified atom stereocenters. The van der Waals surface area contributed by atoms with Crippen LogP contribution in [0.25, 0.3) is 0 Å². The van der Waals surface area contributed by atoms with Crippen molar-refractivity contribution in [3.63, 3.8) is 0 Å². The molecule has 0 saturated carbocycles. The van der Waals surface area contributed by atoms with Crippen molar-refractivity contribution in [2.24, 2.45) is 5.92 Å². The summed E-state index contributed by atoms with van der Waals surface area (Å²) >= 11 is 0. The second-order valence-electron chi connectivity index (χ2n) is 6.44. The average Bonchev–Trinajstić information content (AvgIpc) is 2.54. The summed E-state index contributed by atoms with van der Waals surface area (Å²) in [5.74, 6) is -1.85. The van der Waals surface area contributed by atoms with Gasteiger partial charge in [0.1, 0.15) is 5.82 Å². The molecule has 0 fully saturated rings. The molecule has 1 aromatic rings. The highest BCUT2D eigenvalue weighted by Crippen LogP contribution is 2.19. The minimum absolute atomic E-state index is 0.150. The maximum absolute atomic E-state index is 13.1. The molecule has 0 aromatic heterocycles. The molecule has 2 rings (SSSR count). The van der Waals surface area contributed by atoms with E-state index in [-0.39, 0.29) is 17.3 Å². The first-order valence-corrected chi connectivity index (χ1v) is 10.2. The van der Waals surface area contributed by atoms with Gasteiger partial charge in [0, 0.05) is 6.54 Å². The fourth-order valence-corrected chi connectivity index (χ4v) is 4.21. The van der Waals surface area contributed by atoms with E-state index in [2.05, 4.69) is 16.1 Å². The van der Waals surface area contributed by atoms with Gasteiger partial charge in [-0.2, -0.15) is 0 Å². The molecular weight excluding hydrogens is 343 g/mol. The Morgan fingerprint density at radius 1 is 1.32 bits per heavy atom. The molecule has 0 heterocycles. The predicted molar refractivity (Wildman–Crippen MR) is 97.2 cm³/mol. The van der Waals surface area contributed by atoms with Crippen LogP contribution in [0, 0.1) is 11.7 Å². The Labute approximate surface area is 148 Å². The number of nitrogens with one attached hydrogen (secondary N) is 2. The minimum atomic E-state index is -3.73. The summed E-state index contributed by atoms with van der Waals surface area (Å²) in [5.41, 5.74) is 1.51. The molecule has 0 radical (unpaired) electrons. The first-order chi connectivity index (χ1) is 11.9. The Balaban J connectivity index is 1.79. The second-order valence-corrected chi connectivity index (χ2v) is 8.21. The Morgan fingerprint density at radius 3 is 2.80 bits per heavy atom. The molecule has 5 nitrogen and oxygen atoms in total. The number of hydrogen-bond acceptors (Lipinski definition) is 3. The zero-order valence-electron chi connectivity index (χ0n) is 14.4. The van der Waals surface area contributed by atoms with Crippen molar-refractivity contribution in [1.82, 2.24) is 5.32 Å². The lowest BCUT2D eigenvalue weighted by Gasteiger charge is -2.16. The largest absolute Gasteiger partial charge is 0.356 e. The standard InChI is InChI=1S/C18H25FN2O3S/c1-14(18(22)20-11-10-15-6-3-2-4-7-15)13-25(23,24)21-17-9-5-8-16(19)12-17/h5-6,8-9,12,14,21H,2-4,7,10-11,13H2,1H3,(H,20,22). The van der Waals surface area contributed by atoms with Crippen molar-refractivity contribution in [3.8, 4) is 0 Å². The number of rotatable bonds is 8. The highest BCUT2D eigenvalue weighted by Gasteiger charge is 2.21. The van der Waals surface area contributed by atoms with Gasteiger partial charge in [-0.1, -0.05) is 24.6 Å². The van der Waals surface area contributed by atoms with Gasteiger partial charge in [-0.05, 0) is 50.3 Å². The summed E-state index contributed by atoms with van der Waals surface area (Å²) in [7, 11) is -3.73. The number of anilines is 1. The van der Waals surface area contributed by atoms with Crippen LogP contribution < -0.4 is 10.0 Å². The molecule has 0 aliphatic heterocycles. The van der Waals surface area contributed by atoms with Gasteiger partial charge in [0.05, 0.1) is 17.4 Å². The van der Waals surface area contributed by atoms with E-state index in [0.29, 0.717) is 6.54 Å². The molecule has 7 heteroatoms. The highest BCUT2D eigenvalue weighted by atomic mass is 32.2. The molecule has 25 heavy (non-hydrogen) atoms. The Bertz CT molecular complexity index is 732. The molecule has 1 aromatic carbocycles. The van der Waals surface area contributed by atoms with Crippen LogP contribution in [0.5, 0.6) is 0 Å². The Kier molecular flexibility index (Phi) is 6.99. The zero-order valence-corrected chi connectivity index (χ0v) is 15.2. The third kappa shape index (κ3) is 6.86. The molecular formula is C18H25FN2O3S. The van der Waals surface area contributed by atoms with Crippen LogP contribution in [-0.2, 0) is 14.8 Å². The molecule has 0 bridgehead atoms. The fraction of sp³-hybridized carbons (Fsp3) is 0.500. The van der Waals surface area contributed by atoms with E-state index in [1.807, 2.05) is 0 Å². The van der Waals surface area contributed by atoms with E-state index in [0.717, 1.165) is 25.3 Å². The van der Waals surface area contributed by atoms with E-state index in [1.54, 1.807) is 6.92 Å². The van der Waals surface area contributed by atoms with Crippen LogP contribution in [0.2, 0.25) is 0 Å². The topological polar surface area (TPSA) is 75.3 Å². The number of carbonyl (C=O) groups excluding carboxylic acids is 1. The molecule has 1 aliphatic rings. The predicted octanol–water partition coefficient (Wildman–Crippen LogP) is 3.21. The Hall–Kier alpha value is -1.89. The van der Waals surface area contributed by atoms with Crippen molar-refractivity contribution >= 4 is 21.6 Å². The number of benzene rings is 1. The molecule has 138 valence electrons. The van der Waals surface area contributed by atoms with Crippen molar-refractivity contribution in [3.05, 3.63) is 41.7 Å². The van der Waals surface area contributed by atoms with Crippen LogP contribution in [0.4, 0.5) is 10.1 Å². The first-order valence-electron chi connectivity index (χ1n) is 8.57. The van der Waals surface area contributed by atoms with E-state index >= 15 is 0 Å². The number of hydrogen-bond donors (Lipinski definition) is 2. The van der Waals surface area contributed by atoms with Gasteiger partial charge in [-0.15, -0.1) is 0 Å². The van der Waals surface area contributed by atoms with Crippen molar-refractivity contribution in [1.29, 1.82) is 0 Å².